The number of benzene rings is 6. The number of nitrogens with two attached hydrogens (primary N) is 2. The zero-order chi connectivity index (χ0) is 49.2. The van der Waals surface area contributed by atoms with Gasteiger partial charge in [-0.05, 0) is 94.5 Å². The van der Waals surface area contributed by atoms with Crippen LogP contribution in [0, 0.1) is 10.8 Å². The summed E-state index contributed by atoms with van der Waals surface area (Å²) >= 11 is 0. The summed E-state index contributed by atoms with van der Waals surface area (Å²) in [4.78, 5) is 34.2. The molecule has 12 nitrogen and oxygen atoms in total. The smallest absolute Gasteiger partial charge is 0.410 e. The molecule has 12 heteroatoms. The molecule has 0 bridgehead atoms. The quantitative estimate of drug-likeness (QED) is 0.0205. The van der Waals surface area contributed by atoms with E-state index in [4.69, 9.17) is 31.8 Å². The number of carbonyl (C=O) groups excluding carboxylic acids is 2. The van der Waals surface area contributed by atoms with Gasteiger partial charge in [0.1, 0.15) is 13.2 Å². The molecule has 0 fully saturated rings. The van der Waals surface area contributed by atoms with Crippen LogP contribution in [0.4, 0.5) is 9.59 Å². The van der Waals surface area contributed by atoms with Gasteiger partial charge < -0.3 is 40.5 Å². The molecule has 0 aromatic heterocycles. The van der Waals surface area contributed by atoms with Gasteiger partial charge in [-0.15, -0.1) is 0 Å². The Kier molecular flexibility index (Phi) is 21.7. The average molecular weight is 947 g/mol. The number of rotatable bonds is 29. The standard InChI is InChI=1S/C58H74N8O4/c59-55(60)63(37-19-3-5-21-39-65(57(67)69-45-47-23-9-7-10-24-47)43-49-31-33-51-27-13-15-29-53(51)41-49)35-17-1-2-18-36-64(56(61)62)38-20-4-6-22-40-66(58(68)70-46-48-25-11-8-12-26-48)44-50-32-34-52-28-14-16-30-54(52)42-50/h7-16,23-34,41-42H,1-6,17-22,35-40,43-46H2,(H3,59,60)(H3,61,62). The van der Waals surface area contributed by atoms with E-state index in [2.05, 4.69) is 60.7 Å². The van der Waals surface area contributed by atoms with E-state index < -0.39 is 0 Å². The van der Waals surface area contributed by atoms with E-state index in [-0.39, 0.29) is 37.3 Å². The minimum atomic E-state index is -0.311. The van der Waals surface area contributed by atoms with Crippen molar-refractivity contribution < 1.29 is 19.1 Å². The first-order valence-electron chi connectivity index (χ1n) is 25.3. The summed E-state index contributed by atoms with van der Waals surface area (Å²) < 4.78 is 11.5. The zero-order valence-corrected chi connectivity index (χ0v) is 41.0. The lowest BCUT2D eigenvalue weighted by molar-refractivity contribution is 0.0923. The first-order chi connectivity index (χ1) is 34.2. The van der Waals surface area contributed by atoms with Crippen LogP contribution in [0.1, 0.15) is 99.3 Å². The highest BCUT2D eigenvalue weighted by molar-refractivity contribution is 5.84. The van der Waals surface area contributed by atoms with Crippen molar-refractivity contribution in [1.82, 2.24) is 19.6 Å². The maximum absolute atomic E-state index is 13.3. The van der Waals surface area contributed by atoms with Crippen LogP contribution in [-0.2, 0) is 35.8 Å². The van der Waals surface area contributed by atoms with Crippen LogP contribution >= 0.6 is 0 Å². The minimum Gasteiger partial charge on any atom is -0.445 e. The molecule has 6 aromatic rings. The van der Waals surface area contributed by atoms with Gasteiger partial charge in [-0.2, -0.15) is 0 Å². The molecule has 0 unspecified atom stereocenters. The molecule has 0 aliphatic rings. The van der Waals surface area contributed by atoms with Gasteiger partial charge in [0.15, 0.2) is 11.9 Å². The molecule has 0 radical (unpaired) electrons. The van der Waals surface area contributed by atoms with E-state index in [1.807, 2.05) is 105 Å². The molecule has 0 aliphatic heterocycles. The average Bonchev–Trinajstić information content (AvgIpc) is 3.38. The van der Waals surface area contributed by atoms with E-state index in [1.165, 1.54) is 10.8 Å². The molecular weight excluding hydrogens is 873 g/mol. The van der Waals surface area contributed by atoms with Crippen LogP contribution in [0.2, 0.25) is 0 Å². The molecule has 6 N–H and O–H groups in total. The van der Waals surface area contributed by atoms with Crippen LogP contribution < -0.4 is 11.5 Å². The predicted octanol–water partition coefficient (Wildman–Crippen LogP) is 12.0. The van der Waals surface area contributed by atoms with Gasteiger partial charge in [0, 0.05) is 52.4 Å². The van der Waals surface area contributed by atoms with Crippen LogP contribution in [0.25, 0.3) is 21.5 Å². The SMILES string of the molecule is N=C(N)N(CCCCCCN(CCCCCCN(Cc1ccc2ccccc2c1)C(=O)OCc1ccccc1)C(=N)N)CCCCCCN(Cc1ccc2ccccc2c1)C(=O)OCc1ccccc1. The number of guanidine groups is 2. The summed E-state index contributed by atoms with van der Waals surface area (Å²) in [7, 11) is 0. The van der Waals surface area contributed by atoms with Crippen molar-refractivity contribution in [3.63, 3.8) is 0 Å². The minimum absolute atomic E-state index is 0.103. The summed E-state index contributed by atoms with van der Waals surface area (Å²) in [5, 5.41) is 21.0. The van der Waals surface area contributed by atoms with Crippen molar-refractivity contribution in [3.05, 3.63) is 168 Å². The fourth-order valence-corrected chi connectivity index (χ4v) is 8.79. The highest BCUT2D eigenvalue weighted by atomic mass is 16.6. The molecule has 70 heavy (non-hydrogen) atoms. The number of hydrogen-bond acceptors (Lipinski definition) is 6. The topological polar surface area (TPSA) is 165 Å². The second-order valence-corrected chi connectivity index (χ2v) is 18.3. The normalized spacial score (nSPS) is 11.0. The first-order valence-corrected chi connectivity index (χ1v) is 25.3. The summed E-state index contributed by atoms with van der Waals surface area (Å²) in [5.74, 6) is 0.206. The Bertz CT molecular complexity index is 2350. The molecular formula is C58H74N8O4. The lowest BCUT2D eigenvalue weighted by Crippen LogP contribution is -2.38. The predicted molar refractivity (Wildman–Crippen MR) is 284 cm³/mol. The Morgan fingerprint density at radius 3 is 0.986 bits per heavy atom. The van der Waals surface area contributed by atoms with Gasteiger partial charge in [-0.25, -0.2) is 9.59 Å². The van der Waals surface area contributed by atoms with Crippen molar-refractivity contribution in [2.24, 2.45) is 11.5 Å². The van der Waals surface area contributed by atoms with Crippen molar-refractivity contribution in [2.75, 3.05) is 39.3 Å². The van der Waals surface area contributed by atoms with Gasteiger partial charge in [0.05, 0.1) is 0 Å². The number of fused-ring (bicyclic) bond motifs is 2. The molecule has 0 spiro atoms. The summed E-state index contributed by atoms with van der Waals surface area (Å²) in [6.45, 7) is 5.57. The third-order valence-electron chi connectivity index (χ3n) is 12.8. The number of carbonyl (C=O) groups is 2. The van der Waals surface area contributed by atoms with Crippen LogP contribution in [0.5, 0.6) is 0 Å². The third-order valence-corrected chi connectivity index (χ3v) is 12.8. The number of amides is 2. The number of nitrogens with one attached hydrogen (secondary N) is 2. The van der Waals surface area contributed by atoms with Gasteiger partial charge in [0.25, 0.3) is 0 Å². The van der Waals surface area contributed by atoms with E-state index >= 15 is 0 Å². The number of nitrogens with zero attached hydrogens (tertiary/aromatic N) is 4. The van der Waals surface area contributed by atoms with E-state index in [0.717, 1.165) is 136 Å². The fraction of sp³-hybridized carbons (Fsp3) is 0.379. The Balaban J connectivity index is 0.843. The Morgan fingerprint density at radius 1 is 0.357 bits per heavy atom. The van der Waals surface area contributed by atoms with Gasteiger partial charge in [0.2, 0.25) is 0 Å². The third kappa shape index (κ3) is 18.1. The molecule has 2 amide bonds. The molecule has 6 aromatic carbocycles. The van der Waals surface area contributed by atoms with E-state index in [0.29, 0.717) is 26.2 Å². The van der Waals surface area contributed by atoms with Gasteiger partial charge in [-0.1, -0.05) is 172 Å². The number of ether oxygens (including phenoxy) is 2. The molecule has 0 saturated carbocycles. The monoisotopic (exact) mass is 947 g/mol. The molecule has 0 saturated heterocycles. The molecule has 0 aliphatic carbocycles. The maximum atomic E-state index is 13.3. The summed E-state index contributed by atoms with van der Waals surface area (Å²) in [6, 6.07) is 48.7. The Labute approximate surface area is 415 Å². The molecule has 6 rings (SSSR count). The number of unbranched alkanes of at least 4 members (excludes halogenated alkanes) is 9. The zero-order valence-electron chi connectivity index (χ0n) is 41.0. The molecule has 0 heterocycles. The first kappa shape index (κ1) is 52.3. The Morgan fingerprint density at radius 2 is 0.657 bits per heavy atom. The summed E-state index contributed by atoms with van der Waals surface area (Å²) in [6.07, 6.45) is 10.7. The Hall–Kier alpha value is -7.08. The molecule has 0 atom stereocenters. The second-order valence-electron chi connectivity index (χ2n) is 18.3. The highest BCUT2D eigenvalue weighted by Gasteiger charge is 2.18. The second kappa shape index (κ2) is 29.1. The fourth-order valence-electron chi connectivity index (χ4n) is 8.79. The number of hydrogen-bond donors (Lipinski definition) is 4. The lowest BCUT2D eigenvalue weighted by Gasteiger charge is -2.24. The van der Waals surface area contributed by atoms with Crippen molar-refractivity contribution in [1.29, 1.82) is 10.8 Å². The van der Waals surface area contributed by atoms with Crippen LogP contribution in [0.15, 0.2) is 146 Å². The largest absolute Gasteiger partial charge is 0.445 e. The molecule has 370 valence electrons. The van der Waals surface area contributed by atoms with E-state index in [9.17, 15) is 9.59 Å². The van der Waals surface area contributed by atoms with E-state index in [1.54, 1.807) is 0 Å². The van der Waals surface area contributed by atoms with Gasteiger partial charge >= 0.3 is 12.2 Å². The van der Waals surface area contributed by atoms with Crippen molar-refractivity contribution in [2.45, 2.75) is 103 Å². The maximum Gasteiger partial charge on any atom is 0.410 e. The van der Waals surface area contributed by atoms with Gasteiger partial charge in [-0.3, -0.25) is 10.8 Å². The van der Waals surface area contributed by atoms with Crippen molar-refractivity contribution in [3.8, 4) is 0 Å². The van der Waals surface area contributed by atoms with Crippen LogP contribution in [-0.4, -0.2) is 83.0 Å². The van der Waals surface area contributed by atoms with Crippen LogP contribution in [0.3, 0.4) is 0 Å². The summed E-state index contributed by atoms with van der Waals surface area (Å²) in [5.41, 5.74) is 16.1. The van der Waals surface area contributed by atoms with Crippen molar-refractivity contribution >= 4 is 45.7 Å². The highest BCUT2D eigenvalue weighted by Crippen LogP contribution is 2.20. The lowest BCUT2D eigenvalue weighted by atomic mass is 10.1.